The molecule has 0 aliphatic rings. The van der Waals surface area contributed by atoms with Crippen LogP contribution in [0, 0.1) is 0 Å². The molecule has 0 bridgehead atoms. The molecule has 3 nitrogen and oxygen atoms in total. The first kappa shape index (κ1) is 22.0. The minimum atomic E-state index is 0.608. The SMILES string of the molecule is CCCCCCCCCCCCNC(=S)Nc1cc(Cl)ccc1OC. The van der Waals surface area contributed by atoms with Crippen LogP contribution in [-0.4, -0.2) is 18.8 Å². The number of halogens is 1. The second-order valence-corrected chi connectivity index (χ2v) is 7.25. The number of hydrogen-bond acceptors (Lipinski definition) is 2. The van der Waals surface area contributed by atoms with Gasteiger partial charge in [0.05, 0.1) is 12.8 Å². The summed E-state index contributed by atoms with van der Waals surface area (Å²) in [5, 5.41) is 7.66. The average molecular weight is 385 g/mol. The fourth-order valence-electron chi connectivity index (χ4n) is 2.76. The summed E-state index contributed by atoms with van der Waals surface area (Å²) in [6.07, 6.45) is 13.4. The minimum absolute atomic E-state index is 0.608. The molecular formula is C20H33ClN2OS. The molecule has 1 aromatic rings. The molecule has 1 rings (SSSR count). The third kappa shape index (κ3) is 10.6. The van der Waals surface area contributed by atoms with Gasteiger partial charge in [-0.05, 0) is 36.8 Å². The van der Waals surface area contributed by atoms with Gasteiger partial charge in [0.1, 0.15) is 5.75 Å². The fourth-order valence-corrected chi connectivity index (χ4v) is 3.14. The molecule has 0 atom stereocenters. The monoisotopic (exact) mass is 384 g/mol. The van der Waals surface area contributed by atoms with Gasteiger partial charge in [0, 0.05) is 11.6 Å². The second-order valence-electron chi connectivity index (χ2n) is 6.41. The molecule has 0 fully saturated rings. The van der Waals surface area contributed by atoms with Gasteiger partial charge in [0.25, 0.3) is 0 Å². The van der Waals surface area contributed by atoms with Gasteiger partial charge in [-0.25, -0.2) is 0 Å². The number of hydrogen-bond donors (Lipinski definition) is 2. The third-order valence-electron chi connectivity index (χ3n) is 4.23. The Kier molecular flexibility index (Phi) is 12.5. The predicted octanol–water partition coefficient (Wildman–Crippen LogP) is 6.56. The Balaban J connectivity index is 2.05. The molecular weight excluding hydrogens is 352 g/mol. The van der Waals surface area contributed by atoms with E-state index in [9.17, 15) is 0 Å². The van der Waals surface area contributed by atoms with Crippen LogP contribution in [0.3, 0.4) is 0 Å². The topological polar surface area (TPSA) is 33.3 Å². The molecule has 1 aromatic carbocycles. The molecule has 0 radical (unpaired) electrons. The number of unbranched alkanes of at least 4 members (excludes halogenated alkanes) is 9. The van der Waals surface area contributed by atoms with Crippen LogP contribution in [-0.2, 0) is 0 Å². The second kappa shape index (κ2) is 14.2. The Morgan fingerprint density at radius 1 is 1.00 bits per heavy atom. The molecule has 2 N–H and O–H groups in total. The van der Waals surface area contributed by atoms with Gasteiger partial charge in [-0.3, -0.25) is 0 Å². The molecule has 142 valence electrons. The van der Waals surface area contributed by atoms with E-state index in [1.807, 2.05) is 12.1 Å². The lowest BCUT2D eigenvalue weighted by Crippen LogP contribution is -2.29. The Morgan fingerprint density at radius 2 is 1.60 bits per heavy atom. The summed E-state index contributed by atoms with van der Waals surface area (Å²) < 4.78 is 5.30. The lowest BCUT2D eigenvalue weighted by Gasteiger charge is -2.13. The van der Waals surface area contributed by atoms with Crippen molar-refractivity contribution in [1.29, 1.82) is 0 Å². The predicted molar refractivity (Wildman–Crippen MR) is 114 cm³/mol. The smallest absolute Gasteiger partial charge is 0.170 e. The molecule has 0 saturated heterocycles. The molecule has 25 heavy (non-hydrogen) atoms. The van der Waals surface area contributed by atoms with Crippen molar-refractivity contribution < 1.29 is 4.74 Å². The largest absolute Gasteiger partial charge is 0.495 e. The van der Waals surface area contributed by atoms with Crippen molar-refractivity contribution in [3.05, 3.63) is 23.2 Å². The van der Waals surface area contributed by atoms with Gasteiger partial charge in [0.15, 0.2) is 5.11 Å². The van der Waals surface area contributed by atoms with E-state index in [0.717, 1.165) is 24.4 Å². The molecule has 0 heterocycles. The Labute approximate surface area is 163 Å². The van der Waals surface area contributed by atoms with Gasteiger partial charge < -0.3 is 15.4 Å². The van der Waals surface area contributed by atoms with Crippen LogP contribution < -0.4 is 15.4 Å². The highest BCUT2D eigenvalue weighted by Gasteiger charge is 2.05. The van der Waals surface area contributed by atoms with E-state index in [0.29, 0.717) is 10.1 Å². The number of rotatable bonds is 13. The zero-order chi connectivity index (χ0) is 18.3. The van der Waals surface area contributed by atoms with Crippen LogP contribution in [0.15, 0.2) is 18.2 Å². The first-order valence-corrected chi connectivity index (χ1v) is 10.3. The first-order chi connectivity index (χ1) is 12.2. The van der Waals surface area contributed by atoms with Crippen molar-refractivity contribution in [3.63, 3.8) is 0 Å². The highest BCUT2D eigenvalue weighted by atomic mass is 35.5. The van der Waals surface area contributed by atoms with Crippen molar-refractivity contribution >= 4 is 34.6 Å². The van der Waals surface area contributed by atoms with Crippen molar-refractivity contribution in [2.24, 2.45) is 0 Å². The van der Waals surface area contributed by atoms with Crippen molar-refractivity contribution in [3.8, 4) is 5.75 Å². The zero-order valence-corrected chi connectivity index (χ0v) is 17.3. The van der Waals surface area contributed by atoms with Crippen LogP contribution in [0.2, 0.25) is 5.02 Å². The van der Waals surface area contributed by atoms with E-state index in [4.69, 9.17) is 28.6 Å². The molecule has 0 amide bonds. The molecule has 0 aliphatic carbocycles. The highest BCUT2D eigenvalue weighted by molar-refractivity contribution is 7.80. The van der Waals surface area contributed by atoms with E-state index < -0.39 is 0 Å². The van der Waals surface area contributed by atoms with Crippen molar-refractivity contribution in [1.82, 2.24) is 5.32 Å². The van der Waals surface area contributed by atoms with Crippen LogP contribution >= 0.6 is 23.8 Å². The fraction of sp³-hybridized carbons (Fsp3) is 0.650. The minimum Gasteiger partial charge on any atom is -0.495 e. The van der Waals surface area contributed by atoms with E-state index >= 15 is 0 Å². The summed E-state index contributed by atoms with van der Waals surface area (Å²) >= 11 is 11.4. The lowest BCUT2D eigenvalue weighted by atomic mass is 10.1. The molecule has 0 aromatic heterocycles. The highest BCUT2D eigenvalue weighted by Crippen LogP contribution is 2.27. The number of thiocarbonyl (C=S) groups is 1. The zero-order valence-electron chi connectivity index (χ0n) is 15.7. The van der Waals surface area contributed by atoms with Crippen LogP contribution in [0.1, 0.15) is 71.1 Å². The maximum Gasteiger partial charge on any atom is 0.170 e. The van der Waals surface area contributed by atoms with Gasteiger partial charge >= 0.3 is 0 Å². The van der Waals surface area contributed by atoms with E-state index in [1.54, 1.807) is 13.2 Å². The number of benzene rings is 1. The molecule has 0 saturated carbocycles. The van der Waals surface area contributed by atoms with Crippen molar-refractivity contribution in [2.45, 2.75) is 71.1 Å². The molecule has 0 aliphatic heterocycles. The number of methoxy groups -OCH3 is 1. The van der Waals surface area contributed by atoms with Crippen LogP contribution in [0.25, 0.3) is 0 Å². The van der Waals surface area contributed by atoms with Gasteiger partial charge in [-0.1, -0.05) is 76.3 Å². The summed E-state index contributed by atoms with van der Waals surface area (Å²) in [7, 11) is 1.63. The number of ether oxygens (including phenoxy) is 1. The molecule has 0 unspecified atom stereocenters. The Bertz CT molecular complexity index is 497. The van der Waals surface area contributed by atoms with Gasteiger partial charge in [-0.2, -0.15) is 0 Å². The number of nitrogens with one attached hydrogen (secondary N) is 2. The van der Waals surface area contributed by atoms with Crippen LogP contribution in [0.5, 0.6) is 5.75 Å². The standard InChI is InChI=1S/C20H33ClN2OS/c1-3-4-5-6-7-8-9-10-11-12-15-22-20(25)23-18-16-17(21)13-14-19(18)24-2/h13-14,16H,3-12,15H2,1-2H3,(H2,22,23,25). The normalized spacial score (nSPS) is 10.5. The van der Waals surface area contributed by atoms with E-state index in [-0.39, 0.29) is 0 Å². The summed E-state index contributed by atoms with van der Waals surface area (Å²) in [5.74, 6) is 0.729. The maximum absolute atomic E-state index is 6.02. The first-order valence-electron chi connectivity index (χ1n) is 9.55. The third-order valence-corrected chi connectivity index (χ3v) is 4.71. The summed E-state index contributed by atoms with van der Waals surface area (Å²) in [5.41, 5.74) is 0.788. The van der Waals surface area contributed by atoms with Crippen molar-refractivity contribution in [2.75, 3.05) is 19.0 Å². The lowest BCUT2D eigenvalue weighted by molar-refractivity contribution is 0.417. The van der Waals surface area contributed by atoms with Gasteiger partial charge in [-0.15, -0.1) is 0 Å². The van der Waals surface area contributed by atoms with E-state index in [1.165, 1.54) is 57.8 Å². The average Bonchev–Trinajstić information content (AvgIpc) is 2.60. The maximum atomic E-state index is 6.02. The summed E-state index contributed by atoms with van der Waals surface area (Å²) in [4.78, 5) is 0. The Hall–Kier alpha value is -1.00. The quantitative estimate of drug-likeness (QED) is 0.298. The van der Waals surface area contributed by atoms with Gasteiger partial charge in [0.2, 0.25) is 0 Å². The summed E-state index contributed by atoms with van der Waals surface area (Å²) in [6.45, 7) is 3.16. The van der Waals surface area contributed by atoms with E-state index in [2.05, 4.69) is 17.6 Å². The van der Waals surface area contributed by atoms with Crippen LogP contribution in [0.4, 0.5) is 5.69 Å². The molecule has 0 spiro atoms. The number of anilines is 1. The Morgan fingerprint density at radius 3 is 2.20 bits per heavy atom. The summed E-state index contributed by atoms with van der Waals surface area (Å²) in [6, 6.07) is 5.44. The molecule has 5 heteroatoms.